The monoisotopic (exact) mass is 300 g/mol. The van der Waals surface area contributed by atoms with E-state index in [0.29, 0.717) is 25.3 Å². The molecule has 0 unspecified atom stereocenters. The van der Waals surface area contributed by atoms with E-state index in [1.807, 2.05) is 0 Å². The fourth-order valence-electron chi connectivity index (χ4n) is 2.05. The van der Waals surface area contributed by atoms with Gasteiger partial charge in [0.2, 0.25) is 0 Å². The summed E-state index contributed by atoms with van der Waals surface area (Å²) in [5.41, 5.74) is 0.702. The second-order valence-electron chi connectivity index (χ2n) is 4.50. The molecule has 0 saturated heterocycles. The Morgan fingerprint density at radius 3 is 2.77 bits per heavy atom. The van der Waals surface area contributed by atoms with Crippen molar-refractivity contribution in [2.45, 2.75) is 6.54 Å². The number of aliphatic hydroxyl groups is 1. The van der Waals surface area contributed by atoms with Gasteiger partial charge in [0, 0.05) is 25.5 Å². The largest absolute Gasteiger partial charge is 0.394 e. The second kappa shape index (κ2) is 6.76. The van der Waals surface area contributed by atoms with Crippen LogP contribution in [0, 0.1) is 0 Å². The highest BCUT2D eigenvalue weighted by Crippen LogP contribution is 2.18. The van der Waals surface area contributed by atoms with Crippen molar-refractivity contribution >= 4 is 22.7 Å². The minimum atomic E-state index is 0.0194. The van der Waals surface area contributed by atoms with Crippen LogP contribution in [0.3, 0.4) is 0 Å². The van der Waals surface area contributed by atoms with Crippen molar-refractivity contribution in [2.75, 3.05) is 30.3 Å². The molecule has 3 N–H and O–H groups in total. The van der Waals surface area contributed by atoms with Crippen LogP contribution in [0.25, 0.3) is 11.0 Å². The maximum absolute atomic E-state index is 9.01. The fourth-order valence-corrected chi connectivity index (χ4v) is 2.05. The van der Waals surface area contributed by atoms with E-state index in [2.05, 4.69) is 35.7 Å². The zero-order valence-corrected chi connectivity index (χ0v) is 11.8. The summed E-state index contributed by atoms with van der Waals surface area (Å²) in [7, 11) is 0. The molecule has 0 fully saturated rings. The summed E-state index contributed by atoms with van der Waals surface area (Å²) in [5, 5.41) is 20.4. The number of fused-ring (bicyclic) bond motifs is 1. The normalized spacial score (nSPS) is 10.8. The van der Waals surface area contributed by atoms with Gasteiger partial charge in [0.25, 0.3) is 0 Å². The van der Waals surface area contributed by atoms with E-state index >= 15 is 0 Å². The maximum Gasteiger partial charge on any atom is 0.163 e. The average Bonchev–Trinajstić information content (AvgIpc) is 2.97. The molecule has 3 heterocycles. The van der Waals surface area contributed by atoms with Crippen LogP contribution in [0.1, 0.15) is 0 Å². The fraction of sp³-hybridized carbons (Fsp3) is 0.308. The topological polar surface area (TPSA) is 114 Å². The lowest BCUT2D eigenvalue weighted by molar-refractivity contribution is 0.271. The molecule has 0 bridgehead atoms. The average molecular weight is 300 g/mol. The van der Waals surface area contributed by atoms with Crippen molar-refractivity contribution in [3.05, 3.63) is 31.1 Å². The number of anilines is 2. The molecule has 0 saturated carbocycles. The van der Waals surface area contributed by atoms with E-state index in [1.54, 1.807) is 29.5 Å². The number of hydrogen-bond donors (Lipinski definition) is 3. The lowest BCUT2D eigenvalue weighted by Crippen LogP contribution is -2.15. The van der Waals surface area contributed by atoms with Crippen LogP contribution >= 0.6 is 0 Å². The number of aromatic nitrogens is 6. The van der Waals surface area contributed by atoms with Crippen molar-refractivity contribution in [3.8, 4) is 0 Å². The van der Waals surface area contributed by atoms with Crippen molar-refractivity contribution in [3.63, 3.8) is 0 Å². The Hall–Kier alpha value is -2.81. The number of rotatable bonds is 7. The van der Waals surface area contributed by atoms with E-state index in [4.69, 9.17) is 5.11 Å². The van der Waals surface area contributed by atoms with Crippen LogP contribution in [0.4, 0.5) is 11.6 Å². The number of nitrogens with zero attached hydrogens (tertiary/aromatic N) is 6. The van der Waals surface area contributed by atoms with Gasteiger partial charge in [-0.25, -0.2) is 19.6 Å². The van der Waals surface area contributed by atoms with Crippen LogP contribution in [0.2, 0.25) is 0 Å². The first-order chi connectivity index (χ1) is 10.9. The molecule has 3 rings (SSSR count). The number of aliphatic hydroxyl groups excluding tert-OH is 1. The first-order valence-electron chi connectivity index (χ1n) is 6.89. The third-order valence-electron chi connectivity index (χ3n) is 3.03. The zero-order chi connectivity index (χ0) is 15.2. The van der Waals surface area contributed by atoms with Gasteiger partial charge in [-0.15, -0.1) is 0 Å². The Labute approximate surface area is 126 Å². The molecular weight excluding hydrogens is 284 g/mol. The molecule has 22 heavy (non-hydrogen) atoms. The van der Waals surface area contributed by atoms with E-state index in [0.717, 1.165) is 17.0 Å². The molecule has 0 aliphatic heterocycles. The van der Waals surface area contributed by atoms with Gasteiger partial charge in [-0.1, -0.05) is 0 Å². The van der Waals surface area contributed by atoms with E-state index < -0.39 is 0 Å². The van der Waals surface area contributed by atoms with Gasteiger partial charge in [-0.2, -0.15) is 5.10 Å². The Morgan fingerprint density at radius 2 is 1.95 bits per heavy atom. The quantitative estimate of drug-likeness (QED) is 0.528. The van der Waals surface area contributed by atoms with Crippen LogP contribution in [0.15, 0.2) is 31.1 Å². The molecule has 0 radical (unpaired) electrons. The highest BCUT2D eigenvalue weighted by Gasteiger charge is 2.08. The van der Waals surface area contributed by atoms with Gasteiger partial charge in [-0.05, 0) is 0 Å². The van der Waals surface area contributed by atoms with E-state index in [-0.39, 0.29) is 6.61 Å². The van der Waals surface area contributed by atoms with Crippen molar-refractivity contribution < 1.29 is 5.11 Å². The summed E-state index contributed by atoms with van der Waals surface area (Å²) in [6.07, 6.45) is 8.12. The third-order valence-corrected chi connectivity index (χ3v) is 3.03. The molecule has 3 aromatic heterocycles. The van der Waals surface area contributed by atoms with Gasteiger partial charge in [0.05, 0.1) is 30.9 Å². The van der Waals surface area contributed by atoms with Crippen molar-refractivity contribution in [1.29, 1.82) is 0 Å². The molecule has 0 aromatic carbocycles. The van der Waals surface area contributed by atoms with E-state index in [1.165, 1.54) is 6.33 Å². The third kappa shape index (κ3) is 3.09. The minimum Gasteiger partial charge on any atom is -0.394 e. The molecule has 0 spiro atoms. The number of nitrogens with one attached hydrogen (secondary N) is 2. The molecular formula is C13H16N8O. The summed E-state index contributed by atoms with van der Waals surface area (Å²) in [6.45, 7) is 1.77. The lowest BCUT2D eigenvalue weighted by Gasteiger charge is -2.08. The molecule has 0 aliphatic carbocycles. The summed E-state index contributed by atoms with van der Waals surface area (Å²) in [6, 6.07) is 0. The standard InChI is InChI=1S/C13H16N8O/c22-6-5-21-13-10(7-20-21)12(18-9-19-13)17-4-3-16-11-8-14-1-2-15-11/h1-2,7-9,22H,3-6H2,(H,15,16)(H,17,18,19). The summed E-state index contributed by atoms with van der Waals surface area (Å²) < 4.78 is 1.65. The lowest BCUT2D eigenvalue weighted by atomic mass is 10.4. The molecule has 114 valence electrons. The summed E-state index contributed by atoms with van der Waals surface area (Å²) in [4.78, 5) is 16.5. The van der Waals surface area contributed by atoms with E-state index in [9.17, 15) is 0 Å². The number of hydrogen-bond acceptors (Lipinski definition) is 8. The smallest absolute Gasteiger partial charge is 0.163 e. The van der Waals surface area contributed by atoms with Gasteiger partial charge < -0.3 is 15.7 Å². The Bertz CT molecular complexity index is 729. The zero-order valence-electron chi connectivity index (χ0n) is 11.8. The molecule has 9 heteroatoms. The Morgan fingerprint density at radius 1 is 1.05 bits per heavy atom. The molecule has 3 aromatic rings. The van der Waals surface area contributed by atoms with Gasteiger partial charge >= 0.3 is 0 Å². The predicted octanol–water partition coefficient (Wildman–Crippen LogP) is 0.133. The first kappa shape index (κ1) is 14.1. The highest BCUT2D eigenvalue weighted by atomic mass is 16.3. The summed E-state index contributed by atoms with van der Waals surface area (Å²) >= 11 is 0. The van der Waals surface area contributed by atoms with Crippen LogP contribution in [0.5, 0.6) is 0 Å². The van der Waals surface area contributed by atoms with Crippen molar-refractivity contribution in [1.82, 2.24) is 29.7 Å². The van der Waals surface area contributed by atoms with Gasteiger partial charge in [0.1, 0.15) is 18.0 Å². The predicted molar refractivity (Wildman–Crippen MR) is 81.4 cm³/mol. The molecule has 0 amide bonds. The minimum absolute atomic E-state index is 0.0194. The Kier molecular flexibility index (Phi) is 4.35. The highest BCUT2D eigenvalue weighted by molar-refractivity contribution is 5.86. The van der Waals surface area contributed by atoms with Gasteiger partial charge in [0.15, 0.2) is 5.65 Å². The van der Waals surface area contributed by atoms with Crippen LogP contribution in [-0.4, -0.2) is 54.5 Å². The van der Waals surface area contributed by atoms with Crippen LogP contribution < -0.4 is 10.6 Å². The maximum atomic E-state index is 9.01. The molecule has 0 atom stereocenters. The van der Waals surface area contributed by atoms with Gasteiger partial charge in [-0.3, -0.25) is 4.98 Å². The van der Waals surface area contributed by atoms with Crippen molar-refractivity contribution in [2.24, 2.45) is 0 Å². The van der Waals surface area contributed by atoms with Crippen LogP contribution in [-0.2, 0) is 6.54 Å². The molecule has 0 aliphatic rings. The first-order valence-corrected chi connectivity index (χ1v) is 6.89. The molecule has 9 nitrogen and oxygen atoms in total. The Balaban J connectivity index is 1.62. The second-order valence-corrected chi connectivity index (χ2v) is 4.50. The SMILES string of the molecule is OCCn1ncc2c(NCCNc3cnccn3)ncnc21. The summed E-state index contributed by atoms with van der Waals surface area (Å²) in [5.74, 6) is 1.45.